The Morgan fingerprint density at radius 2 is 1.54 bits per heavy atom. The van der Waals surface area contributed by atoms with Crippen molar-refractivity contribution in [1.29, 1.82) is 0 Å². The molecule has 0 heterocycles. The molecular formula is C8H20N2O2S. The van der Waals surface area contributed by atoms with Crippen molar-refractivity contribution < 1.29 is 8.42 Å². The Balaban J connectivity index is 4.13. The second kappa shape index (κ2) is 4.93. The largest absolute Gasteiger partial charge is 0.274 e. The molecule has 0 atom stereocenters. The Labute approximate surface area is 81.1 Å². The van der Waals surface area contributed by atoms with Crippen LogP contribution < -0.4 is 9.86 Å². The van der Waals surface area contributed by atoms with Crippen LogP contribution in [0.1, 0.15) is 27.7 Å². The van der Waals surface area contributed by atoms with Gasteiger partial charge in [-0.2, -0.15) is 8.42 Å². The number of nitrogens with two attached hydrogens (primary N) is 1. The van der Waals surface area contributed by atoms with Gasteiger partial charge in [-0.3, -0.25) is 0 Å². The molecule has 0 aromatic rings. The van der Waals surface area contributed by atoms with Gasteiger partial charge in [0, 0.05) is 6.54 Å². The van der Waals surface area contributed by atoms with Crippen LogP contribution in [-0.4, -0.2) is 15.0 Å². The van der Waals surface area contributed by atoms with Gasteiger partial charge in [-0.25, -0.2) is 9.86 Å². The lowest BCUT2D eigenvalue weighted by atomic mass is 9.86. The Morgan fingerprint density at radius 1 is 1.15 bits per heavy atom. The Hall–Kier alpha value is -0.130. The number of rotatable bonds is 5. The molecule has 0 radical (unpaired) electrons. The van der Waals surface area contributed by atoms with Crippen LogP contribution in [0, 0.1) is 17.8 Å². The molecule has 0 aromatic carbocycles. The molecule has 0 aliphatic heterocycles. The molecular weight excluding hydrogens is 188 g/mol. The maximum absolute atomic E-state index is 10.6. The maximum Gasteiger partial charge on any atom is 0.274 e. The van der Waals surface area contributed by atoms with E-state index in [4.69, 9.17) is 5.14 Å². The van der Waals surface area contributed by atoms with E-state index >= 15 is 0 Å². The monoisotopic (exact) mass is 208 g/mol. The highest BCUT2D eigenvalue weighted by atomic mass is 32.2. The van der Waals surface area contributed by atoms with Crippen LogP contribution in [-0.2, 0) is 10.2 Å². The molecule has 0 aromatic heterocycles. The third kappa shape index (κ3) is 6.01. The number of hydrogen-bond donors (Lipinski definition) is 2. The van der Waals surface area contributed by atoms with Crippen LogP contribution in [0.5, 0.6) is 0 Å². The van der Waals surface area contributed by atoms with Crippen LogP contribution in [0.2, 0.25) is 0 Å². The molecule has 0 unspecified atom stereocenters. The molecule has 0 aliphatic rings. The van der Waals surface area contributed by atoms with Crippen LogP contribution in [0.15, 0.2) is 0 Å². The quantitative estimate of drug-likeness (QED) is 0.698. The van der Waals surface area contributed by atoms with Crippen LogP contribution in [0.3, 0.4) is 0 Å². The summed E-state index contributed by atoms with van der Waals surface area (Å²) in [5.41, 5.74) is 0. The van der Waals surface area contributed by atoms with Crippen LogP contribution in [0.25, 0.3) is 0 Å². The zero-order chi connectivity index (χ0) is 10.6. The van der Waals surface area contributed by atoms with Gasteiger partial charge in [0.05, 0.1) is 0 Å². The van der Waals surface area contributed by atoms with E-state index in [9.17, 15) is 8.42 Å². The third-order valence-electron chi connectivity index (χ3n) is 2.23. The predicted octanol–water partition coefficient (Wildman–Crippen LogP) is 0.708. The molecule has 80 valence electrons. The summed E-state index contributed by atoms with van der Waals surface area (Å²) in [6.45, 7) is 8.74. The topological polar surface area (TPSA) is 72.2 Å². The zero-order valence-electron chi connectivity index (χ0n) is 8.74. The van der Waals surface area contributed by atoms with Crippen molar-refractivity contribution in [3.05, 3.63) is 0 Å². The molecule has 0 saturated heterocycles. The van der Waals surface area contributed by atoms with Gasteiger partial charge in [-0.1, -0.05) is 27.7 Å². The van der Waals surface area contributed by atoms with E-state index in [-0.39, 0.29) is 0 Å². The molecule has 0 spiro atoms. The fraction of sp³-hybridized carbons (Fsp3) is 1.00. The summed E-state index contributed by atoms with van der Waals surface area (Å²) < 4.78 is 23.6. The van der Waals surface area contributed by atoms with Crippen molar-refractivity contribution in [3.63, 3.8) is 0 Å². The third-order valence-corrected chi connectivity index (χ3v) is 2.80. The molecule has 0 rings (SSSR count). The van der Waals surface area contributed by atoms with Gasteiger partial charge in [0.15, 0.2) is 0 Å². The summed E-state index contributed by atoms with van der Waals surface area (Å²) in [6.07, 6.45) is 0. The lowest BCUT2D eigenvalue weighted by molar-refractivity contribution is 0.289. The SMILES string of the molecule is CC(C)C(CNS(N)(=O)=O)C(C)C. The minimum absolute atomic E-state index is 0.332. The first kappa shape index (κ1) is 12.9. The second-order valence-electron chi connectivity index (χ2n) is 4.05. The highest BCUT2D eigenvalue weighted by molar-refractivity contribution is 7.87. The first-order chi connectivity index (χ1) is 5.74. The smallest absolute Gasteiger partial charge is 0.216 e. The van der Waals surface area contributed by atoms with Gasteiger partial charge >= 0.3 is 0 Å². The van der Waals surface area contributed by atoms with Gasteiger partial charge in [-0.05, 0) is 17.8 Å². The van der Waals surface area contributed by atoms with Crippen LogP contribution >= 0.6 is 0 Å². The summed E-state index contributed by atoms with van der Waals surface area (Å²) in [5.74, 6) is 1.24. The Bertz CT molecular complexity index is 227. The van der Waals surface area contributed by atoms with E-state index in [2.05, 4.69) is 32.4 Å². The molecule has 5 heteroatoms. The summed E-state index contributed by atoms with van der Waals surface area (Å²) >= 11 is 0. The van der Waals surface area contributed by atoms with E-state index in [0.717, 1.165) is 0 Å². The van der Waals surface area contributed by atoms with E-state index in [0.29, 0.717) is 24.3 Å². The first-order valence-corrected chi connectivity index (χ1v) is 6.06. The highest BCUT2D eigenvalue weighted by Gasteiger charge is 2.18. The van der Waals surface area contributed by atoms with E-state index in [1.807, 2.05) is 0 Å². The highest BCUT2D eigenvalue weighted by Crippen LogP contribution is 2.19. The van der Waals surface area contributed by atoms with E-state index < -0.39 is 10.2 Å². The normalized spacial score (nSPS) is 13.2. The second-order valence-corrected chi connectivity index (χ2v) is 5.42. The Kier molecular flexibility index (Phi) is 4.88. The minimum atomic E-state index is -3.54. The summed E-state index contributed by atoms with van der Waals surface area (Å²) in [4.78, 5) is 0. The molecule has 3 N–H and O–H groups in total. The van der Waals surface area contributed by atoms with Gasteiger partial charge in [0.25, 0.3) is 10.2 Å². The van der Waals surface area contributed by atoms with Crippen molar-refractivity contribution in [1.82, 2.24) is 4.72 Å². The van der Waals surface area contributed by atoms with Crippen molar-refractivity contribution in [2.75, 3.05) is 6.54 Å². The van der Waals surface area contributed by atoms with Crippen molar-refractivity contribution >= 4 is 10.2 Å². The van der Waals surface area contributed by atoms with Gasteiger partial charge < -0.3 is 0 Å². The molecule has 13 heavy (non-hydrogen) atoms. The molecule has 0 saturated carbocycles. The summed E-state index contributed by atoms with van der Waals surface area (Å²) in [6, 6.07) is 0. The van der Waals surface area contributed by atoms with Crippen molar-refractivity contribution in [2.24, 2.45) is 22.9 Å². The first-order valence-electron chi connectivity index (χ1n) is 4.51. The lowest BCUT2D eigenvalue weighted by Crippen LogP contribution is -2.37. The standard InChI is InChI=1S/C8H20N2O2S/c1-6(2)8(7(3)4)5-10-13(9,11)12/h6-8,10H,5H2,1-4H3,(H2,9,11,12). The Morgan fingerprint density at radius 3 is 1.77 bits per heavy atom. The zero-order valence-corrected chi connectivity index (χ0v) is 9.56. The summed E-state index contributed by atoms with van der Waals surface area (Å²) in [5, 5.41) is 4.85. The van der Waals surface area contributed by atoms with Crippen LogP contribution in [0.4, 0.5) is 0 Å². The molecule has 0 bridgehead atoms. The predicted molar refractivity (Wildman–Crippen MR) is 54.3 cm³/mol. The fourth-order valence-electron chi connectivity index (χ4n) is 1.45. The lowest BCUT2D eigenvalue weighted by Gasteiger charge is -2.24. The average molecular weight is 208 g/mol. The number of nitrogens with one attached hydrogen (secondary N) is 1. The van der Waals surface area contributed by atoms with E-state index in [1.165, 1.54) is 0 Å². The molecule has 0 fully saturated rings. The fourth-order valence-corrected chi connectivity index (χ4v) is 1.88. The van der Waals surface area contributed by atoms with Gasteiger partial charge in [0.2, 0.25) is 0 Å². The van der Waals surface area contributed by atoms with Gasteiger partial charge in [0.1, 0.15) is 0 Å². The minimum Gasteiger partial charge on any atom is -0.216 e. The molecule has 0 aliphatic carbocycles. The molecule has 4 nitrogen and oxygen atoms in total. The number of hydrogen-bond acceptors (Lipinski definition) is 2. The summed E-state index contributed by atoms with van der Waals surface area (Å²) in [7, 11) is -3.54. The van der Waals surface area contributed by atoms with Crippen molar-refractivity contribution in [2.45, 2.75) is 27.7 Å². The molecule has 0 amide bonds. The average Bonchev–Trinajstić information content (AvgIpc) is 1.82. The maximum atomic E-state index is 10.6. The van der Waals surface area contributed by atoms with Gasteiger partial charge in [-0.15, -0.1) is 0 Å². The van der Waals surface area contributed by atoms with Crippen molar-refractivity contribution in [3.8, 4) is 0 Å². The van der Waals surface area contributed by atoms with E-state index in [1.54, 1.807) is 0 Å².